The van der Waals surface area contributed by atoms with Crippen LogP contribution in [0.25, 0.3) is 0 Å². The molecule has 0 unspecified atom stereocenters. The van der Waals surface area contributed by atoms with E-state index in [9.17, 15) is 4.79 Å². The van der Waals surface area contributed by atoms with E-state index in [0.717, 1.165) is 24.2 Å². The molecule has 0 fully saturated rings. The highest BCUT2D eigenvalue weighted by atomic mass is 16.2. The quantitative estimate of drug-likeness (QED) is 0.806. The minimum absolute atomic E-state index is 0.0491. The van der Waals surface area contributed by atoms with Crippen molar-refractivity contribution in [2.24, 2.45) is 5.92 Å². The van der Waals surface area contributed by atoms with Crippen LogP contribution in [0.1, 0.15) is 35.6 Å². The average Bonchev–Trinajstić information content (AvgIpc) is 2.99. The van der Waals surface area contributed by atoms with Crippen molar-refractivity contribution in [1.29, 1.82) is 0 Å². The molecule has 1 amide bonds. The second-order valence-electron chi connectivity index (χ2n) is 6.77. The number of nitrogens with zero attached hydrogens (tertiary/aromatic N) is 4. The van der Waals surface area contributed by atoms with Crippen LogP contribution in [0.5, 0.6) is 0 Å². The van der Waals surface area contributed by atoms with Gasteiger partial charge in [-0.2, -0.15) is 5.10 Å². The summed E-state index contributed by atoms with van der Waals surface area (Å²) in [5.74, 6) is 0.473. The predicted octanol–water partition coefficient (Wildman–Crippen LogP) is 2.21. The Morgan fingerprint density at radius 1 is 1.29 bits per heavy atom. The van der Waals surface area contributed by atoms with Crippen LogP contribution in [-0.2, 0) is 13.0 Å². The maximum Gasteiger partial charge on any atom is 0.274 e. The Kier molecular flexibility index (Phi) is 6.49. The average molecular weight is 329 g/mol. The SMILES string of the molecule is CC(C)Cc1cc(C(=O)N(CCN(C)C)Cc2cccnc2)n[nH]1. The highest BCUT2D eigenvalue weighted by Crippen LogP contribution is 2.11. The van der Waals surface area contributed by atoms with Crippen LogP contribution < -0.4 is 0 Å². The molecule has 2 rings (SSSR count). The van der Waals surface area contributed by atoms with E-state index < -0.39 is 0 Å². The molecule has 0 saturated carbocycles. The second-order valence-corrected chi connectivity index (χ2v) is 6.77. The smallest absolute Gasteiger partial charge is 0.274 e. The number of H-pyrrole nitrogens is 1. The first-order valence-corrected chi connectivity index (χ1v) is 8.33. The summed E-state index contributed by atoms with van der Waals surface area (Å²) in [6.45, 7) is 6.28. The van der Waals surface area contributed by atoms with Crippen LogP contribution in [0, 0.1) is 5.92 Å². The molecule has 2 aromatic heterocycles. The van der Waals surface area contributed by atoms with Gasteiger partial charge >= 0.3 is 0 Å². The van der Waals surface area contributed by atoms with E-state index in [0.29, 0.717) is 24.7 Å². The molecule has 0 aliphatic carbocycles. The zero-order valence-corrected chi connectivity index (χ0v) is 15.0. The maximum atomic E-state index is 12.9. The van der Waals surface area contributed by atoms with Crippen molar-refractivity contribution in [2.75, 3.05) is 27.2 Å². The predicted molar refractivity (Wildman–Crippen MR) is 94.7 cm³/mol. The lowest BCUT2D eigenvalue weighted by atomic mass is 10.1. The standard InChI is InChI=1S/C18H27N5O/c1-14(2)10-16-11-17(21-20-16)18(24)23(9-8-22(3)4)13-15-6-5-7-19-12-15/h5-7,11-12,14H,8-10,13H2,1-4H3,(H,20,21). The van der Waals surface area contributed by atoms with Gasteiger partial charge in [-0.15, -0.1) is 0 Å². The van der Waals surface area contributed by atoms with Crippen LogP contribution in [0.3, 0.4) is 0 Å². The van der Waals surface area contributed by atoms with E-state index >= 15 is 0 Å². The lowest BCUT2D eigenvalue weighted by Gasteiger charge is -2.23. The van der Waals surface area contributed by atoms with Gasteiger partial charge in [0.15, 0.2) is 0 Å². The number of pyridine rings is 1. The number of aromatic nitrogens is 3. The summed E-state index contributed by atoms with van der Waals surface area (Å²) in [4.78, 5) is 20.9. The Morgan fingerprint density at radius 3 is 2.71 bits per heavy atom. The summed E-state index contributed by atoms with van der Waals surface area (Å²) >= 11 is 0. The highest BCUT2D eigenvalue weighted by Gasteiger charge is 2.19. The topological polar surface area (TPSA) is 65.1 Å². The van der Waals surface area contributed by atoms with Gasteiger partial charge in [0.2, 0.25) is 0 Å². The summed E-state index contributed by atoms with van der Waals surface area (Å²) in [6.07, 6.45) is 4.42. The molecule has 0 aliphatic heterocycles. The molecule has 0 spiro atoms. The third-order valence-corrected chi connectivity index (χ3v) is 3.68. The first kappa shape index (κ1) is 18.1. The van der Waals surface area contributed by atoms with Gasteiger partial charge in [-0.05, 0) is 44.1 Å². The fourth-order valence-corrected chi connectivity index (χ4v) is 2.46. The van der Waals surface area contributed by atoms with E-state index in [2.05, 4.69) is 33.9 Å². The number of hydrogen-bond donors (Lipinski definition) is 1. The first-order chi connectivity index (χ1) is 11.5. The van der Waals surface area contributed by atoms with Gasteiger partial charge in [0.1, 0.15) is 5.69 Å². The lowest BCUT2D eigenvalue weighted by molar-refractivity contribution is 0.0726. The highest BCUT2D eigenvalue weighted by molar-refractivity contribution is 5.92. The molecule has 0 radical (unpaired) electrons. The zero-order valence-electron chi connectivity index (χ0n) is 15.0. The molecule has 2 aromatic rings. The fourth-order valence-electron chi connectivity index (χ4n) is 2.46. The van der Waals surface area contributed by atoms with E-state index in [1.165, 1.54) is 0 Å². The van der Waals surface area contributed by atoms with E-state index in [4.69, 9.17) is 0 Å². The third-order valence-electron chi connectivity index (χ3n) is 3.68. The molecular weight excluding hydrogens is 302 g/mol. The van der Waals surface area contributed by atoms with Crippen molar-refractivity contribution in [3.63, 3.8) is 0 Å². The van der Waals surface area contributed by atoms with Gasteiger partial charge in [-0.25, -0.2) is 0 Å². The number of likely N-dealkylation sites (N-methyl/N-ethyl adjacent to an activating group) is 1. The summed E-state index contributed by atoms with van der Waals surface area (Å²) in [5.41, 5.74) is 2.50. The molecule has 1 N–H and O–H groups in total. The Bertz CT molecular complexity index is 636. The number of amides is 1. The molecule has 24 heavy (non-hydrogen) atoms. The van der Waals surface area contributed by atoms with Gasteiger partial charge in [-0.3, -0.25) is 14.9 Å². The van der Waals surface area contributed by atoms with Crippen LogP contribution in [-0.4, -0.2) is 58.1 Å². The number of carbonyl (C=O) groups excluding carboxylic acids is 1. The van der Waals surface area contributed by atoms with Crippen LogP contribution in [0.2, 0.25) is 0 Å². The van der Waals surface area contributed by atoms with Gasteiger partial charge in [0, 0.05) is 37.7 Å². The minimum atomic E-state index is -0.0491. The van der Waals surface area contributed by atoms with Gasteiger partial charge in [-0.1, -0.05) is 19.9 Å². The van der Waals surface area contributed by atoms with Crippen molar-refractivity contribution in [3.8, 4) is 0 Å². The van der Waals surface area contributed by atoms with E-state index in [1.807, 2.05) is 37.2 Å². The number of rotatable bonds is 8. The Labute approximate surface area is 143 Å². The van der Waals surface area contributed by atoms with Crippen molar-refractivity contribution < 1.29 is 4.79 Å². The number of carbonyl (C=O) groups is 1. The van der Waals surface area contributed by atoms with Crippen molar-refractivity contribution in [2.45, 2.75) is 26.8 Å². The Balaban J connectivity index is 2.12. The third kappa shape index (κ3) is 5.45. The van der Waals surface area contributed by atoms with Crippen LogP contribution in [0.15, 0.2) is 30.6 Å². The molecular formula is C18H27N5O. The lowest BCUT2D eigenvalue weighted by Crippen LogP contribution is -2.36. The van der Waals surface area contributed by atoms with Crippen LogP contribution in [0.4, 0.5) is 0 Å². The summed E-state index contributed by atoms with van der Waals surface area (Å²) < 4.78 is 0. The molecule has 6 nitrogen and oxygen atoms in total. The number of hydrogen-bond acceptors (Lipinski definition) is 4. The van der Waals surface area contributed by atoms with Gasteiger partial charge in [0.25, 0.3) is 5.91 Å². The van der Waals surface area contributed by atoms with Crippen LogP contribution >= 0.6 is 0 Å². The Morgan fingerprint density at radius 2 is 2.08 bits per heavy atom. The molecule has 0 aromatic carbocycles. The van der Waals surface area contributed by atoms with E-state index in [-0.39, 0.29) is 5.91 Å². The summed E-state index contributed by atoms with van der Waals surface area (Å²) in [5, 5.41) is 7.19. The number of aromatic amines is 1. The minimum Gasteiger partial charge on any atom is -0.332 e. The molecule has 130 valence electrons. The molecule has 0 bridgehead atoms. The normalized spacial score (nSPS) is 11.2. The fraction of sp³-hybridized carbons (Fsp3) is 0.500. The number of nitrogens with one attached hydrogen (secondary N) is 1. The second kappa shape index (κ2) is 8.59. The molecule has 0 saturated heterocycles. The monoisotopic (exact) mass is 329 g/mol. The Hall–Kier alpha value is -2.21. The molecule has 6 heteroatoms. The summed E-state index contributed by atoms with van der Waals surface area (Å²) in [6, 6.07) is 5.74. The largest absolute Gasteiger partial charge is 0.332 e. The molecule has 0 atom stereocenters. The zero-order chi connectivity index (χ0) is 17.5. The van der Waals surface area contributed by atoms with Crippen molar-refractivity contribution in [1.82, 2.24) is 25.0 Å². The van der Waals surface area contributed by atoms with Gasteiger partial charge < -0.3 is 9.80 Å². The molecule has 2 heterocycles. The summed E-state index contributed by atoms with van der Waals surface area (Å²) in [7, 11) is 4.00. The van der Waals surface area contributed by atoms with E-state index in [1.54, 1.807) is 12.4 Å². The van der Waals surface area contributed by atoms with Crippen molar-refractivity contribution in [3.05, 3.63) is 47.5 Å². The molecule has 0 aliphatic rings. The van der Waals surface area contributed by atoms with Gasteiger partial charge in [0.05, 0.1) is 0 Å². The maximum absolute atomic E-state index is 12.9. The first-order valence-electron chi connectivity index (χ1n) is 8.33. The van der Waals surface area contributed by atoms with Crippen molar-refractivity contribution >= 4 is 5.91 Å².